The molecule has 2 N–H and O–H groups in total. The van der Waals surface area contributed by atoms with E-state index < -0.39 is 9.85 Å². The first-order valence-electron chi connectivity index (χ1n) is 14.9. The van der Waals surface area contributed by atoms with Crippen LogP contribution >= 0.6 is 0 Å². The summed E-state index contributed by atoms with van der Waals surface area (Å²) in [6, 6.07) is 7.10. The number of hydrogen-bond acceptors (Lipinski definition) is 14. The average molecular weight is 744 g/mol. The van der Waals surface area contributed by atoms with Crippen LogP contribution < -0.4 is 9.97 Å². The molecule has 0 spiro atoms. The van der Waals surface area contributed by atoms with Crippen molar-refractivity contribution in [1.82, 2.24) is 39.6 Å². The Morgan fingerprint density at radius 1 is 0.647 bits per heavy atom. The molecule has 21 heteroatoms. The molecule has 0 aliphatic carbocycles. The van der Waals surface area contributed by atoms with E-state index in [0.717, 1.165) is 12.1 Å². The Balaban J connectivity index is 0.000000224. The number of nitrogens with zero attached hydrogens (tertiary/aromatic N) is 14. The SMILES string of the molecule is Cc1nn2nc(C(C)(C)C)c(N=Nc3cc([N+](=O)[O-])ccc3O)c2[n-]1.Cc1nn2nc(C(C)(C)C)c(N=Nc3cc([N+](=O)[O-])ccc3O)c2[n-]1.[Co+2]. The standard InChI is InChI=1S/2C15H16N7O3.Co/c2*1-8-16-14-12(13(15(2,3)4)20-21(14)19-8)18-17-10-7-9(22(24)25)5-6-11(10)23;/h2*5-7H,1-4H3,(H-,16,17,18,19,20,23);/q2*-1;+2. The Morgan fingerprint density at radius 3 is 1.31 bits per heavy atom. The normalized spacial score (nSPS) is 12.1. The maximum Gasteiger partial charge on any atom is 2.00 e. The predicted octanol–water partition coefficient (Wildman–Crippen LogP) is 6.64. The number of fused-ring (bicyclic) bond motifs is 2. The molecule has 0 fully saturated rings. The van der Waals surface area contributed by atoms with Crippen LogP contribution in [-0.2, 0) is 27.6 Å². The van der Waals surface area contributed by atoms with Crippen LogP contribution in [0.25, 0.3) is 11.3 Å². The van der Waals surface area contributed by atoms with Gasteiger partial charge >= 0.3 is 16.8 Å². The molecule has 0 saturated carbocycles. The zero-order valence-electron chi connectivity index (χ0n) is 28.6. The molecule has 6 aromatic rings. The van der Waals surface area contributed by atoms with Gasteiger partial charge in [-0.2, -0.15) is 0 Å². The average Bonchev–Trinajstić information content (AvgIpc) is 3.75. The van der Waals surface area contributed by atoms with Gasteiger partial charge in [0, 0.05) is 35.1 Å². The number of nitro benzene ring substituents is 2. The monoisotopic (exact) mass is 743 g/mol. The third-order valence-corrected chi connectivity index (χ3v) is 6.93. The van der Waals surface area contributed by atoms with Crippen LogP contribution in [0.2, 0.25) is 0 Å². The zero-order valence-corrected chi connectivity index (χ0v) is 29.6. The second kappa shape index (κ2) is 14.0. The number of aryl methyl sites for hydroxylation is 2. The van der Waals surface area contributed by atoms with E-state index in [9.17, 15) is 30.4 Å². The smallest absolute Gasteiger partial charge is 0.506 e. The van der Waals surface area contributed by atoms with Crippen LogP contribution in [0.1, 0.15) is 64.6 Å². The predicted molar refractivity (Wildman–Crippen MR) is 177 cm³/mol. The molecule has 51 heavy (non-hydrogen) atoms. The molecule has 267 valence electrons. The van der Waals surface area contributed by atoms with Gasteiger partial charge in [-0.25, -0.2) is 10.2 Å². The molecule has 0 aliphatic rings. The van der Waals surface area contributed by atoms with E-state index in [1.807, 2.05) is 41.5 Å². The number of rotatable bonds is 6. The maximum absolute atomic E-state index is 10.9. The van der Waals surface area contributed by atoms with Crippen LogP contribution in [0.5, 0.6) is 11.5 Å². The molecule has 4 aromatic heterocycles. The molecule has 0 amide bonds. The van der Waals surface area contributed by atoms with Crippen molar-refractivity contribution in [2.24, 2.45) is 20.5 Å². The molecule has 0 aliphatic heterocycles. The molecule has 0 bridgehead atoms. The number of aromatic nitrogens is 8. The Hall–Kier alpha value is -6.09. The molecule has 0 unspecified atom stereocenters. The van der Waals surface area contributed by atoms with E-state index in [0.29, 0.717) is 45.7 Å². The van der Waals surface area contributed by atoms with Crippen LogP contribution in [-0.4, -0.2) is 49.7 Å². The van der Waals surface area contributed by atoms with E-state index in [4.69, 9.17) is 0 Å². The maximum atomic E-state index is 10.9. The van der Waals surface area contributed by atoms with Gasteiger partial charge in [-0.05, 0) is 37.6 Å². The minimum Gasteiger partial charge on any atom is -0.506 e. The third-order valence-electron chi connectivity index (χ3n) is 6.93. The number of non-ortho nitro benzene ring substituents is 2. The number of phenolic OH excluding ortho intramolecular Hbond substituents is 2. The fraction of sp³-hybridized carbons (Fsp3) is 0.333. The van der Waals surface area contributed by atoms with E-state index >= 15 is 0 Å². The molecular weight excluding hydrogens is 711 g/mol. The summed E-state index contributed by atoms with van der Waals surface area (Å²) in [6.45, 7) is 15.3. The molecule has 20 nitrogen and oxygen atoms in total. The minimum atomic E-state index is -0.566. The van der Waals surface area contributed by atoms with E-state index in [1.54, 1.807) is 13.8 Å². The van der Waals surface area contributed by atoms with Crippen molar-refractivity contribution < 1.29 is 36.8 Å². The fourth-order valence-corrected chi connectivity index (χ4v) is 4.55. The molecule has 1 radical (unpaired) electrons. The number of aromatic hydroxyl groups is 2. The molecule has 2 aromatic carbocycles. The minimum absolute atomic E-state index is 0. The van der Waals surface area contributed by atoms with Gasteiger partial charge < -0.3 is 30.4 Å². The van der Waals surface area contributed by atoms with Crippen molar-refractivity contribution in [2.75, 3.05) is 0 Å². The first-order chi connectivity index (χ1) is 23.3. The van der Waals surface area contributed by atoms with Crippen LogP contribution in [0.3, 0.4) is 0 Å². The summed E-state index contributed by atoms with van der Waals surface area (Å²) >= 11 is 0. The van der Waals surface area contributed by atoms with Gasteiger partial charge in [-0.3, -0.25) is 29.5 Å². The summed E-state index contributed by atoms with van der Waals surface area (Å²) in [5.74, 6) is 0.662. The first kappa shape index (κ1) is 37.7. The zero-order chi connectivity index (χ0) is 36.7. The van der Waals surface area contributed by atoms with E-state index in [2.05, 4.69) is 50.8 Å². The summed E-state index contributed by atoms with van der Waals surface area (Å²) in [7, 11) is 0. The van der Waals surface area contributed by atoms with Crippen LogP contribution in [0, 0.1) is 34.1 Å². The number of phenols is 2. The summed E-state index contributed by atoms with van der Waals surface area (Å²) in [5, 5.41) is 74.9. The Kier molecular flexibility index (Phi) is 10.4. The molecule has 0 atom stereocenters. The van der Waals surface area contributed by atoms with Crippen molar-refractivity contribution in [3.63, 3.8) is 0 Å². The third kappa shape index (κ3) is 8.04. The quantitative estimate of drug-likeness (QED) is 0.103. The van der Waals surface area contributed by atoms with Gasteiger partial charge in [-0.1, -0.05) is 41.5 Å². The largest absolute Gasteiger partial charge is 2.00 e. The van der Waals surface area contributed by atoms with Crippen LogP contribution in [0.15, 0.2) is 56.9 Å². The van der Waals surface area contributed by atoms with Gasteiger partial charge in [0.15, 0.2) is 0 Å². The van der Waals surface area contributed by atoms with Gasteiger partial charge in [0.1, 0.15) is 34.2 Å². The number of hydrogen-bond donors (Lipinski definition) is 2. The molecule has 6 rings (SSSR count). The van der Waals surface area contributed by atoms with Crippen molar-refractivity contribution >= 4 is 45.4 Å². The van der Waals surface area contributed by atoms with Gasteiger partial charge in [-0.15, -0.1) is 20.5 Å². The second-order valence-corrected chi connectivity index (χ2v) is 13.1. The summed E-state index contributed by atoms with van der Waals surface area (Å²) in [5.41, 5.74) is 1.91. The van der Waals surface area contributed by atoms with E-state index in [-0.39, 0.29) is 61.9 Å². The molecule has 4 heterocycles. The Labute approximate surface area is 299 Å². The number of nitro groups is 2. The van der Waals surface area contributed by atoms with E-state index in [1.165, 1.54) is 33.5 Å². The topological polar surface area (TPSA) is 265 Å². The Morgan fingerprint density at radius 2 is 1.00 bits per heavy atom. The fourth-order valence-electron chi connectivity index (χ4n) is 4.55. The summed E-state index contributed by atoms with van der Waals surface area (Å²) < 4.78 is 2.77. The number of benzene rings is 2. The first-order valence-corrected chi connectivity index (χ1v) is 14.9. The van der Waals surface area contributed by atoms with Crippen LogP contribution in [0.4, 0.5) is 34.1 Å². The van der Waals surface area contributed by atoms with Gasteiger partial charge in [0.2, 0.25) is 0 Å². The van der Waals surface area contributed by atoms with Crippen molar-refractivity contribution in [3.8, 4) is 11.5 Å². The molecule has 0 saturated heterocycles. The van der Waals surface area contributed by atoms with Crippen molar-refractivity contribution in [2.45, 2.75) is 66.2 Å². The van der Waals surface area contributed by atoms with Crippen molar-refractivity contribution in [1.29, 1.82) is 0 Å². The summed E-state index contributed by atoms with van der Waals surface area (Å²) in [6.07, 6.45) is 0. The summed E-state index contributed by atoms with van der Waals surface area (Å²) in [4.78, 5) is 29.2. The molecular formula is C30H32CoN14O6. The second-order valence-electron chi connectivity index (χ2n) is 13.1. The number of azo groups is 2. The Bertz CT molecular complexity index is 2160. The van der Waals surface area contributed by atoms with Gasteiger partial charge in [0.25, 0.3) is 11.4 Å². The van der Waals surface area contributed by atoms with Crippen molar-refractivity contribution in [3.05, 3.63) is 79.7 Å². The van der Waals surface area contributed by atoms with Gasteiger partial charge in [0.05, 0.1) is 32.5 Å².